The third kappa shape index (κ3) is 5.54. The highest BCUT2D eigenvalue weighted by Crippen LogP contribution is 2.31. The minimum atomic E-state index is 0.469. The molecule has 0 radical (unpaired) electrons. The fourth-order valence-corrected chi connectivity index (χ4v) is 4.12. The number of aromatic nitrogens is 5. The highest BCUT2D eigenvalue weighted by molar-refractivity contribution is 7.98. The van der Waals surface area contributed by atoms with E-state index in [1.165, 1.54) is 11.8 Å². The van der Waals surface area contributed by atoms with Crippen molar-refractivity contribution < 1.29 is 14.0 Å². The number of rotatable bonds is 10. The van der Waals surface area contributed by atoms with E-state index in [1.54, 1.807) is 7.11 Å². The summed E-state index contributed by atoms with van der Waals surface area (Å²) in [6, 6.07) is 15.7. The number of nitrogens with zero attached hydrogens (tertiary/aromatic N) is 5. The van der Waals surface area contributed by atoms with Crippen LogP contribution in [0.5, 0.6) is 11.5 Å². The van der Waals surface area contributed by atoms with Gasteiger partial charge in [-0.25, -0.2) is 0 Å². The van der Waals surface area contributed by atoms with Gasteiger partial charge in [0.25, 0.3) is 0 Å². The average Bonchev–Trinajstić information content (AvgIpc) is 3.45. The van der Waals surface area contributed by atoms with E-state index in [0.717, 1.165) is 40.2 Å². The normalized spacial score (nSPS) is 11.2. The molecule has 0 unspecified atom stereocenters. The quantitative estimate of drug-likeness (QED) is 0.295. The van der Waals surface area contributed by atoms with Gasteiger partial charge in [0.2, 0.25) is 5.89 Å². The van der Waals surface area contributed by atoms with Crippen molar-refractivity contribution in [1.29, 1.82) is 0 Å². The second-order valence-electron chi connectivity index (χ2n) is 7.79. The van der Waals surface area contributed by atoms with Gasteiger partial charge in [0.15, 0.2) is 16.8 Å². The van der Waals surface area contributed by atoms with E-state index in [1.807, 2.05) is 60.0 Å². The summed E-state index contributed by atoms with van der Waals surface area (Å²) >= 11 is 1.50. The molecule has 0 atom stereocenters. The van der Waals surface area contributed by atoms with E-state index in [2.05, 4.69) is 34.2 Å². The third-order valence-corrected chi connectivity index (χ3v) is 5.71. The van der Waals surface area contributed by atoms with E-state index in [9.17, 15) is 0 Å². The van der Waals surface area contributed by atoms with Crippen molar-refractivity contribution in [3.63, 3.8) is 0 Å². The number of methoxy groups -OCH3 is 1. The number of thioether (sulfide) groups is 1. The molecule has 0 aliphatic heterocycles. The predicted molar refractivity (Wildman–Crippen MR) is 127 cm³/mol. The van der Waals surface area contributed by atoms with E-state index in [-0.39, 0.29) is 0 Å². The lowest BCUT2D eigenvalue weighted by molar-refractivity contribution is 0.340. The van der Waals surface area contributed by atoms with E-state index >= 15 is 0 Å². The maximum Gasteiger partial charge on any atom is 0.237 e. The van der Waals surface area contributed by atoms with Gasteiger partial charge >= 0.3 is 0 Å². The maximum absolute atomic E-state index is 5.60. The first kappa shape index (κ1) is 22.8. The first-order valence-corrected chi connectivity index (χ1v) is 11.8. The summed E-state index contributed by atoms with van der Waals surface area (Å²) in [5, 5.41) is 13.8. The van der Waals surface area contributed by atoms with Crippen molar-refractivity contribution >= 4 is 11.8 Å². The minimum Gasteiger partial charge on any atom is -0.497 e. The van der Waals surface area contributed by atoms with Gasteiger partial charge in [0, 0.05) is 17.7 Å². The molecule has 4 aromatic rings. The van der Waals surface area contributed by atoms with Crippen LogP contribution in [-0.2, 0) is 12.2 Å². The first-order chi connectivity index (χ1) is 16.1. The molecule has 33 heavy (non-hydrogen) atoms. The molecule has 0 saturated heterocycles. The summed E-state index contributed by atoms with van der Waals surface area (Å²) in [7, 11) is 1.65. The van der Waals surface area contributed by atoms with Gasteiger partial charge in [0.1, 0.15) is 11.5 Å². The summed E-state index contributed by atoms with van der Waals surface area (Å²) in [4.78, 5) is 4.50. The number of hydrogen-bond donors (Lipinski definition) is 0. The maximum atomic E-state index is 5.60. The lowest BCUT2D eigenvalue weighted by Gasteiger charge is -2.11. The molecule has 172 valence electrons. The van der Waals surface area contributed by atoms with Gasteiger partial charge in [-0.3, -0.25) is 4.57 Å². The largest absolute Gasteiger partial charge is 0.497 e. The molecule has 0 amide bonds. The highest BCUT2D eigenvalue weighted by atomic mass is 32.2. The fourth-order valence-electron chi connectivity index (χ4n) is 3.33. The lowest BCUT2D eigenvalue weighted by atomic mass is 10.1. The summed E-state index contributed by atoms with van der Waals surface area (Å²) in [5.74, 6) is 4.55. The van der Waals surface area contributed by atoms with E-state index < -0.39 is 0 Å². The van der Waals surface area contributed by atoms with Crippen molar-refractivity contribution in [3.8, 4) is 28.6 Å². The van der Waals surface area contributed by atoms with Crippen LogP contribution in [0.15, 0.2) is 58.2 Å². The van der Waals surface area contributed by atoms with E-state index in [4.69, 9.17) is 14.0 Å². The van der Waals surface area contributed by atoms with Gasteiger partial charge < -0.3 is 14.0 Å². The van der Waals surface area contributed by atoms with Crippen molar-refractivity contribution in [3.05, 3.63) is 60.2 Å². The molecule has 4 rings (SSSR count). The van der Waals surface area contributed by atoms with Gasteiger partial charge in [0.05, 0.1) is 19.5 Å². The van der Waals surface area contributed by atoms with Crippen LogP contribution < -0.4 is 9.47 Å². The van der Waals surface area contributed by atoms with Crippen molar-refractivity contribution in [2.75, 3.05) is 13.7 Å². The second-order valence-corrected chi connectivity index (χ2v) is 8.73. The summed E-state index contributed by atoms with van der Waals surface area (Å²) in [5.41, 5.74) is 1.83. The Balaban J connectivity index is 1.66. The first-order valence-electron chi connectivity index (χ1n) is 10.8. The third-order valence-electron chi connectivity index (χ3n) is 4.79. The van der Waals surface area contributed by atoms with Gasteiger partial charge in [-0.15, -0.1) is 10.2 Å². The Bertz CT molecular complexity index is 1190. The Labute approximate surface area is 197 Å². The Morgan fingerprint density at radius 2 is 1.88 bits per heavy atom. The van der Waals surface area contributed by atoms with Crippen LogP contribution in [0, 0.1) is 5.92 Å². The predicted octanol–water partition coefficient (Wildman–Crippen LogP) is 5.22. The van der Waals surface area contributed by atoms with Crippen LogP contribution in [0.25, 0.3) is 17.1 Å². The Hall–Kier alpha value is -3.33. The molecule has 0 saturated carbocycles. The average molecular weight is 466 g/mol. The summed E-state index contributed by atoms with van der Waals surface area (Å²) < 4.78 is 18.4. The standard InChI is InChI=1S/C24H27N5O3S/c1-5-31-19-11-9-18(10-12-19)29-23(17-7-6-8-20(14-17)30-4)26-27-24(29)33-15-22-25-21(28-32-22)13-16(2)3/h6-12,14,16H,5,13,15H2,1-4H3. The molecule has 8 nitrogen and oxygen atoms in total. The molecule has 0 spiro atoms. The van der Waals surface area contributed by atoms with Gasteiger partial charge in [-0.2, -0.15) is 4.98 Å². The van der Waals surface area contributed by atoms with Crippen molar-refractivity contribution in [1.82, 2.24) is 24.9 Å². The molecule has 2 heterocycles. The van der Waals surface area contributed by atoms with Gasteiger partial charge in [-0.1, -0.05) is 42.9 Å². The van der Waals surface area contributed by atoms with Crippen molar-refractivity contribution in [2.24, 2.45) is 5.92 Å². The highest BCUT2D eigenvalue weighted by Gasteiger charge is 2.18. The molecule has 0 aliphatic carbocycles. The zero-order chi connectivity index (χ0) is 23.2. The molecule has 0 bridgehead atoms. The SMILES string of the molecule is CCOc1ccc(-n2c(SCc3nc(CC(C)C)no3)nnc2-c2cccc(OC)c2)cc1. The molecule has 0 fully saturated rings. The second kappa shape index (κ2) is 10.5. The zero-order valence-corrected chi connectivity index (χ0v) is 20.0. The lowest BCUT2D eigenvalue weighted by Crippen LogP contribution is -2.01. The van der Waals surface area contributed by atoms with Crippen LogP contribution in [0.1, 0.15) is 32.5 Å². The Kier molecular flexibility index (Phi) is 7.29. The van der Waals surface area contributed by atoms with Crippen LogP contribution >= 0.6 is 11.8 Å². The number of hydrogen-bond acceptors (Lipinski definition) is 8. The molecule has 9 heteroatoms. The molecule has 0 N–H and O–H groups in total. The smallest absolute Gasteiger partial charge is 0.237 e. The van der Waals surface area contributed by atoms with Gasteiger partial charge in [-0.05, 0) is 49.2 Å². The topological polar surface area (TPSA) is 88.1 Å². The zero-order valence-electron chi connectivity index (χ0n) is 19.2. The van der Waals surface area contributed by atoms with E-state index in [0.29, 0.717) is 30.0 Å². The van der Waals surface area contributed by atoms with Crippen LogP contribution in [0.3, 0.4) is 0 Å². The Morgan fingerprint density at radius 1 is 1.06 bits per heavy atom. The number of ether oxygens (including phenoxy) is 2. The monoisotopic (exact) mass is 465 g/mol. The molecular weight excluding hydrogens is 438 g/mol. The molecule has 2 aromatic carbocycles. The minimum absolute atomic E-state index is 0.469. The number of benzene rings is 2. The van der Waals surface area contributed by atoms with Crippen LogP contribution in [0.4, 0.5) is 0 Å². The Morgan fingerprint density at radius 3 is 2.61 bits per heavy atom. The summed E-state index contributed by atoms with van der Waals surface area (Å²) in [6.45, 7) is 6.84. The molecular formula is C24H27N5O3S. The van der Waals surface area contributed by atoms with Crippen LogP contribution in [-0.4, -0.2) is 38.6 Å². The van der Waals surface area contributed by atoms with Crippen molar-refractivity contribution in [2.45, 2.75) is 38.1 Å². The van der Waals surface area contributed by atoms with Crippen LogP contribution in [0.2, 0.25) is 0 Å². The molecule has 0 aliphatic rings. The summed E-state index contributed by atoms with van der Waals surface area (Å²) in [6.07, 6.45) is 0.788. The molecule has 2 aromatic heterocycles. The fraction of sp³-hybridized carbons (Fsp3) is 0.333.